The quantitative estimate of drug-likeness (QED) is 0.472. The fourth-order valence-electron chi connectivity index (χ4n) is 2.25. The first-order valence-electron chi connectivity index (χ1n) is 7.56. The van der Waals surface area contributed by atoms with E-state index in [1.54, 1.807) is 30.3 Å². The van der Waals surface area contributed by atoms with Crippen molar-refractivity contribution in [3.8, 4) is 23.1 Å². The number of benzene rings is 2. The Kier molecular flexibility index (Phi) is 5.15. The maximum atomic E-state index is 13.8. The van der Waals surface area contributed by atoms with E-state index in [2.05, 4.69) is 20.5 Å². The van der Waals surface area contributed by atoms with Crippen molar-refractivity contribution in [1.82, 2.24) is 9.97 Å². The molecule has 9 heteroatoms. The average molecular weight is 384 g/mol. The number of anilines is 1. The minimum atomic E-state index is -0.728. The fraction of sp³-hybridized carbons (Fsp3) is 0. The molecule has 0 atom stereocenters. The molecule has 1 aromatic heterocycles. The standard InChI is InChI=1S/C18H11ClFN5O2/c19-13-6-11(14(20)7-15(13)26)9-22-25-18-23-16(10-4-2-1-3-5-10)12(8-21)17(27)24-18/h1-7,9,26H,(H2,23,24,25,27). The molecule has 7 nitrogen and oxygen atoms in total. The lowest BCUT2D eigenvalue weighted by atomic mass is 10.1. The van der Waals surface area contributed by atoms with Gasteiger partial charge in [-0.15, -0.1) is 0 Å². The predicted octanol–water partition coefficient (Wildman–Crippen LogP) is 3.25. The largest absolute Gasteiger partial charge is 0.506 e. The molecule has 27 heavy (non-hydrogen) atoms. The summed E-state index contributed by atoms with van der Waals surface area (Å²) in [4.78, 5) is 18.7. The van der Waals surface area contributed by atoms with Gasteiger partial charge >= 0.3 is 0 Å². The van der Waals surface area contributed by atoms with Gasteiger partial charge in [0.05, 0.1) is 16.9 Å². The molecule has 3 N–H and O–H groups in total. The summed E-state index contributed by atoms with van der Waals surface area (Å²) in [6.45, 7) is 0. The summed E-state index contributed by atoms with van der Waals surface area (Å²) in [5.41, 5.74) is 2.51. The van der Waals surface area contributed by atoms with E-state index in [4.69, 9.17) is 11.6 Å². The van der Waals surface area contributed by atoms with Gasteiger partial charge in [-0.05, 0) is 6.07 Å². The van der Waals surface area contributed by atoms with E-state index in [-0.39, 0.29) is 33.5 Å². The van der Waals surface area contributed by atoms with E-state index in [1.807, 2.05) is 6.07 Å². The van der Waals surface area contributed by atoms with Gasteiger partial charge in [-0.2, -0.15) is 10.4 Å². The van der Waals surface area contributed by atoms with Crippen LogP contribution in [0.1, 0.15) is 11.1 Å². The maximum absolute atomic E-state index is 13.8. The zero-order valence-electron chi connectivity index (χ0n) is 13.6. The highest BCUT2D eigenvalue weighted by molar-refractivity contribution is 6.32. The SMILES string of the molecule is N#Cc1c(-c2ccccc2)nc(NN=Cc2cc(Cl)c(O)cc2F)[nH]c1=O. The number of hydrogen-bond acceptors (Lipinski definition) is 6. The molecule has 0 aliphatic heterocycles. The van der Waals surface area contributed by atoms with Gasteiger partial charge in [0, 0.05) is 17.2 Å². The zero-order chi connectivity index (χ0) is 19.4. The van der Waals surface area contributed by atoms with E-state index in [0.29, 0.717) is 5.56 Å². The topological polar surface area (TPSA) is 114 Å². The molecule has 0 aliphatic rings. The van der Waals surface area contributed by atoms with E-state index in [9.17, 15) is 19.6 Å². The Morgan fingerprint density at radius 2 is 2.07 bits per heavy atom. The Bertz CT molecular complexity index is 1120. The smallest absolute Gasteiger partial charge is 0.270 e. The summed E-state index contributed by atoms with van der Waals surface area (Å²) in [7, 11) is 0. The molecule has 0 saturated heterocycles. The summed E-state index contributed by atoms with van der Waals surface area (Å²) in [5.74, 6) is -1.14. The summed E-state index contributed by atoms with van der Waals surface area (Å²) in [5, 5.41) is 22.3. The Morgan fingerprint density at radius 1 is 1.33 bits per heavy atom. The Hall–Kier alpha value is -3.70. The van der Waals surface area contributed by atoms with Crippen molar-refractivity contribution in [2.24, 2.45) is 5.10 Å². The summed E-state index contributed by atoms with van der Waals surface area (Å²) in [6, 6.07) is 12.6. The zero-order valence-corrected chi connectivity index (χ0v) is 14.3. The van der Waals surface area contributed by atoms with Gasteiger partial charge < -0.3 is 5.11 Å². The number of phenolic OH excluding ortho intramolecular Hbond substituents is 1. The van der Waals surface area contributed by atoms with Crippen LogP contribution in [0.2, 0.25) is 5.02 Å². The number of nitrogens with zero attached hydrogens (tertiary/aromatic N) is 3. The number of hydrazone groups is 1. The van der Waals surface area contributed by atoms with E-state index >= 15 is 0 Å². The Labute approximate surface area is 157 Å². The van der Waals surface area contributed by atoms with Gasteiger partial charge in [0.15, 0.2) is 0 Å². The van der Waals surface area contributed by atoms with Crippen molar-refractivity contribution in [2.75, 3.05) is 5.43 Å². The van der Waals surface area contributed by atoms with Crippen LogP contribution in [0, 0.1) is 17.1 Å². The minimum Gasteiger partial charge on any atom is -0.506 e. The van der Waals surface area contributed by atoms with Gasteiger partial charge in [0.25, 0.3) is 5.56 Å². The molecule has 3 aromatic rings. The molecule has 0 aliphatic carbocycles. The second kappa shape index (κ2) is 7.68. The second-order valence-corrected chi connectivity index (χ2v) is 5.72. The molecular weight excluding hydrogens is 373 g/mol. The van der Waals surface area contributed by atoms with Gasteiger partial charge in [0.2, 0.25) is 5.95 Å². The highest BCUT2D eigenvalue weighted by Gasteiger charge is 2.13. The summed E-state index contributed by atoms with van der Waals surface area (Å²) >= 11 is 5.74. The summed E-state index contributed by atoms with van der Waals surface area (Å²) in [6.07, 6.45) is 1.11. The van der Waals surface area contributed by atoms with Crippen molar-refractivity contribution in [1.29, 1.82) is 5.26 Å². The minimum absolute atomic E-state index is 0.0181. The number of nitriles is 1. The molecular formula is C18H11ClFN5O2. The van der Waals surface area contributed by atoms with Crippen LogP contribution >= 0.6 is 11.6 Å². The lowest BCUT2D eigenvalue weighted by molar-refractivity contribution is 0.469. The first kappa shape index (κ1) is 18.1. The molecule has 0 saturated carbocycles. The number of nitrogens with one attached hydrogen (secondary N) is 2. The van der Waals surface area contributed by atoms with Gasteiger partial charge in [-0.3, -0.25) is 9.78 Å². The van der Waals surface area contributed by atoms with Crippen molar-refractivity contribution in [3.05, 3.63) is 74.8 Å². The number of aromatic amines is 1. The van der Waals surface area contributed by atoms with Crippen LogP contribution in [0.3, 0.4) is 0 Å². The molecule has 3 rings (SSSR count). The number of aromatic nitrogens is 2. The third-order valence-electron chi connectivity index (χ3n) is 3.52. The predicted molar refractivity (Wildman–Crippen MR) is 99.3 cm³/mol. The first-order chi connectivity index (χ1) is 13.0. The van der Waals surface area contributed by atoms with Crippen LogP contribution in [-0.2, 0) is 0 Å². The van der Waals surface area contributed by atoms with Crippen LogP contribution in [0.15, 0.2) is 52.4 Å². The molecule has 0 radical (unpaired) electrons. The Morgan fingerprint density at radius 3 is 2.78 bits per heavy atom. The summed E-state index contributed by atoms with van der Waals surface area (Å²) < 4.78 is 13.8. The number of hydrogen-bond donors (Lipinski definition) is 3. The number of halogens is 2. The maximum Gasteiger partial charge on any atom is 0.270 e. The number of aromatic hydroxyl groups is 1. The van der Waals surface area contributed by atoms with Crippen molar-refractivity contribution < 1.29 is 9.50 Å². The van der Waals surface area contributed by atoms with Crippen LogP contribution < -0.4 is 11.0 Å². The molecule has 134 valence electrons. The van der Waals surface area contributed by atoms with E-state index in [1.165, 1.54) is 6.07 Å². The third-order valence-corrected chi connectivity index (χ3v) is 3.82. The molecule has 0 spiro atoms. The van der Waals surface area contributed by atoms with Crippen molar-refractivity contribution in [3.63, 3.8) is 0 Å². The number of rotatable bonds is 4. The average Bonchev–Trinajstić information content (AvgIpc) is 2.66. The van der Waals surface area contributed by atoms with E-state index in [0.717, 1.165) is 12.3 Å². The highest BCUT2D eigenvalue weighted by atomic mass is 35.5. The lowest BCUT2D eigenvalue weighted by Crippen LogP contribution is -2.16. The molecule has 0 unspecified atom stereocenters. The Balaban J connectivity index is 1.93. The molecule has 2 aromatic carbocycles. The lowest BCUT2D eigenvalue weighted by Gasteiger charge is -2.06. The van der Waals surface area contributed by atoms with Crippen molar-refractivity contribution in [2.45, 2.75) is 0 Å². The molecule has 1 heterocycles. The fourth-order valence-corrected chi connectivity index (χ4v) is 2.42. The van der Waals surface area contributed by atoms with Crippen LogP contribution in [0.5, 0.6) is 5.75 Å². The molecule has 0 amide bonds. The number of phenols is 1. The number of H-pyrrole nitrogens is 1. The highest BCUT2D eigenvalue weighted by Crippen LogP contribution is 2.25. The van der Waals surface area contributed by atoms with E-state index < -0.39 is 11.4 Å². The van der Waals surface area contributed by atoms with Crippen LogP contribution in [-0.4, -0.2) is 21.3 Å². The van der Waals surface area contributed by atoms with Crippen LogP contribution in [0.4, 0.5) is 10.3 Å². The van der Waals surface area contributed by atoms with Gasteiger partial charge in [0.1, 0.15) is 23.2 Å². The van der Waals surface area contributed by atoms with Gasteiger partial charge in [-0.1, -0.05) is 41.9 Å². The van der Waals surface area contributed by atoms with Crippen LogP contribution in [0.25, 0.3) is 11.3 Å². The van der Waals surface area contributed by atoms with Gasteiger partial charge in [-0.25, -0.2) is 14.8 Å². The molecule has 0 bridgehead atoms. The second-order valence-electron chi connectivity index (χ2n) is 5.31. The normalized spacial score (nSPS) is 10.7. The molecule has 0 fully saturated rings. The monoisotopic (exact) mass is 383 g/mol. The van der Waals surface area contributed by atoms with Crippen molar-refractivity contribution >= 4 is 23.8 Å². The first-order valence-corrected chi connectivity index (χ1v) is 7.94. The third kappa shape index (κ3) is 3.94.